The third-order valence-corrected chi connectivity index (χ3v) is 3.76. The summed E-state index contributed by atoms with van der Waals surface area (Å²) in [5, 5.41) is 2.02. The maximum absolute atomic E-state index is 5.79. The smallest absolute Gasteiger partial charge is 0.161 e. The highest BCUT2D eigenvalue weighted by atomic mass is 32.1. The first kappa shape index (κ1) is 15.1. The molecule has 0 saturated carbocycles. The van der Waals surface area contributed by atoms with Crippen LogP contribution in [0.3, 0.4) is 0 Å². The maximum atomic E-state index is 5.79. The molecule has 2 rings (SSSR count). The summed E-state index contributed by atoms with van der Waals surface area (Å²) in [6.07, 6.45) is 1.95. The Kier molecular flexibility index (Phi) is 5.61. The molecule has 1 aromatic heterocycles. The van der Waals surface area contributed by atoms with E-state index in [1.165, 1.54) is 11.3 Å². The molecule has 0 radical (unpaired) electrons. The molecule has 1 N–H and O–H groups in total. The van der Waals surface area contributed by atoms with E-state index < -0.39 is 0 Å². The van der Waals surface area contributed by atoms with Crippen LogP contribution in [-0.2, 0) is 0 Å². The van der Waals surface area contributed by atoms with Gasteiger partial charge >= 0.3 is 0 Å². The second-order valence-electron chi connectivity index (χ2n) is 4.42. The molecule has 0 saturated heterocycles. The maximum Gasteiger partial charge on any atom is 0.161 e. The first-order chi connectivity index (χ1) is 9.74. The number of hydrogen-bond acceptors (Lipinski definition) is 4. The van der Waals surface area contributed by atoms with E-state index in [2.05, 4.69) is 18.8 Å². The average molecular weight is 309 g/mol. The molecule has 2 aromatic rings. The van der Waals surface area contributed by atoms with E-state index in [4.69, 9.17) is 21.7 Å². The molecule has 0 atom stereocenters. The normalized spacial score (nSPS) is 10.5. The minimum Gasteiger partial charge on any atom is -0.490 e. The number of aromatic amines is 1. The Bertz CT molecular complexity index is 604. The lowest BCUT2D eigenvalue weighted by atomic mass is 10.1. The number of rotatable bonds is 7. The van der Waals surface area contributed by atoms with Crippen LogP contribution in [-0.4, -0.2) is 18.2 Å². The van der Waals surface area contributed by atoms with Crippen molar-refractivity contribution >= 4 is 23.6 Å². The summed E-state index contributed by atoms with van der Waals surface area (Å²) < 4.78 is 12.3. The zero-order valence-electron chi connectivity index (χ0n) is 11.8. The Hall–Kier alpha value is -1.33. The van der Waals surface area contributed by atoms with Gasteiger partial charge in [-0.15, -0.1) is 11.3 Å². The molecule has 108 valence electrons. The summed E-state index contributed by atoms with van der Waals surface area (Å²) in [7, 11) is 0. The minimum atomic E-state index is 0.686. The molecule has 1 heterocycles. The van der Waals surface area contributed by atoms with Crippen LogP contribution in [0.4, 0.5) is 0 Å². The largest absolute Gasteiger partial charge is 0.490 e. The van der Waals surface area contributed by atoms with E-state index >= 15 is 0 Å². The monoisotopic (exact) mass is 309 g/mol. The number of H-pyrrole nitrogens is 1. The van der Waals surface area contributed by atoms with E-state index in [0.717, 1.165) is 39.6 Å². The van der Waals surface area contributed by atoms with Gasteiger partial charge in [0, 0.05) is 10.9 Å². The SMILES string of the molecule is CCCOc1ccc(-c2csc(=S)[nH]2)cc1OCCC. The number of benzene rings is 1. The van der Waals surface area contributed by atoms with Gasteiger partial charge in [-0.05, 0) is 43.3 Å². The van der Waals surface area contributed by atoms with Crippen molar-refractivity contribution in [3.8, 4) is 22.8 Å². The summed E-state index contributed by atoms with van der Waals surface area (Å²) in [5.74, 6) is 1.60. The van der Waals surface area contributed by atoms with Crippen LogP contribution in [0.1, 0.15) is 26.7 Å². The van der Waals surface area contributed by atoms with Crippen molar-refractivity contribution in [3.05, 3.63) is 27.5 Å². The van der Waals surface area contributed by atoms with Crippen molar-refractivity contribution in [2.45, 2.75) is 26.7 Å². The van der Waals surface area contributed by atoms with Gasteiger partial charge in [-0.2, -0.15) is 0 Å². The van der Waals surface area contributed by atoms with Gasteiger partial charge in [0.2, 0.25) is 0 Å². The molecule has 0 fully saturated rings. The van der Waals surface area contributed by atoms with Crippen molar-refractivity contribution in [3.63, 3.8) is 0 Å². The average Bonchev–Trinajstić information content (AvgIpc) is 2.90. The second kappa shape index (κ2) is 7.45. The number of aromatic nitrogens is 1. The number of thiazole rings is 1. The lowest BCUT2D eigenvalue weighted by molar-refractivity contribution is 0.268. The summed E-state index contributed by atoms with van der Waals surface area (Å²) in [4.78, 5) is 3.18. The van der Waals surface area contributed by atoms with Crippen molar-refractivity contribution in [2.75, 3.05) is 13.2 Å². The molecule has 0 aliphatic heterocycles. The van der Waals surface area contributed by atoms with Crippen LogP contribution in [0.5, 0.6) is 11.5 Å². The fourth-order valence-electron chi connectivity index (χ4n) is 1.75. The number of hydrogen-bond donors (Lipinski definition) is 1. The summed E-state index contributed by atoms with van der Waals surface area (Å²) in [5.41, 5.74) is 2.08. The molecular formula is C15H19NO2S2. The highest BCUT2D eigenvalue weighted by Crippen LogP contribution is 2.33. The Labute approximate surface area is 128 Å². The highest BCUT2D eigenvalue weighted by Gasteiger charge is 2.08. The van der Waals surface area contributed by atoms with Crippen LogP contribution >= 0.6 is 23.6 Å². The fourth-order valence-corrected chi connectivity index (χ4v) is 2.60. The number of nitrogens with one attached hydrogen (secondary N) is 1. The number of ether oxygens (including phenoxy) is 2. The fraction of sp³-hybridized carbons (Fsp3) is 0.400. The Morgan fingerprint density at radius 1 is 1.10 bits per heavy atom. The van der Waals surface area contributed by atoms with Gasteiger partial charge in [-0.3, -0.25) is 0 Å². The molecule has 0 amide bonds. The van der Waals surface area contributed by atoms with Crippen molar-refractivity contribution in [1.82, 2.24) is 4.98 Å². The van der Waals surface area contributed by atoms with Crippen LogP contribution in [0.25, 0.3) is 11.3 Å². The van der Waals surface area contributed by atoms with Crippen molar-refractivity contribution in [2.24, 2.45) is 0 Å². The van der Waals surface area contributed by atoms with E-state index in [1.54, 1.807) is 0 Å². The minimum absolute atomic E-state index is 0.686. The van der Waals surface area contributed by atoms with E-state index in [0.29, 0.717) is 13.2 Å². The lowest BCUT2D eigenvalue weighted by Crippen LogP contribution is -2.01. The zero-order chi connectivity index (χ0) is 14.4. The van der Waals surface area contributed by atoms with Crippen LogP contribution in [0, 0.1) is 3.95 Å². The topological polar surface area (TPSA) is 34.2 Å². The highest BCUT2D eigenvalue weighted by molar-refractivity contribution is 7.73. The third kappa shape index (κ3) is 3.84. The molecule has 20 heavy (non-hydrogen) atoms. The predicted molar refractivity (Wildman–Crippen MR) is 86.5 cm³/mol. The molecule has 5 heteroatoms. The second-order valence-corrected chi connectivity index (χ2v) is 5.97. The summed E-state index contributed by atoms with van der Waals surface area (Å²) >= 11 is 6.65. The molecule has 0 spiro atoms. The predicted octanol–water partition coefficient (Wildman–Crippen LogP) is 5.05. The Morgan fingerprint density at radius 2 is 1.80 bits per heavy atom. The molecule has 0 unspecified atom stereocenters. The first-order valence-corrected chi connectivity index (χ1v) is 8.11. The van der Waals surface area contributed by atoms with Gasteiger partial charge in [0.05, 0.1) is 18.9 Å². The zero-order valence-corrected chi connectivity index (χ0v) is 13.4. The van der Waals surface area contributed by atoms with Gasteiger partial charge in [-0.1, -0.05) is 13.8 Å². The van der Waals surface area contributed by atoms with Gasteiger partial charge in [0.1, 0.15) is 0 Å². The van der Waals surface area contributed by atoms with Gasteiger partial charge in [0.25, 0.3) is 0 Å². The molecular weight excluding hydrogens is 290 g/mol. The van der Waals surface area contributed by atoms with Gasteiger partial charge < -0.3 is 14.5 Å². The van der Waals surface area contributed by atoms with E-state index in [1.807, 2.05) is 23.6 Å². The van der Waals surface area contributed by atoms with Crippen molar-refractivity contribution in [1.29, 1.82) is 0 Å². The Balaban J connectivity index is 2.29. The third-order valence-electron chi connectivity index (χ3n) is 2.70. The molecule has 0 bridgehead atoms. The lowest BCUT2D eigenvalue weighted by Gasteiger charge is -2.13. The van der Waals surface area contributed by atoms with Crippen molar-refractivity contribution < 1.29 is 9.47 Å². The molecule has 0 aliphatic carbocycles. The van der Waals surface area contributed by atoms with Gasteiger partial charge in [-0.25, -0.2) is 0 Å². The first-order valence-electron chi connectivity index (χ1n) is 6.82. The summed E-state index contributed by atoms with van der Waals surface area (Å²) in [6, 6.07) is 6.00. The standard InChI is InChI=1S/C15H19NO2S2/c1-3-7-17-13-6-5-11(9-14(13)18-8-4-2)12-10-20-15(19)16-12/h5-6,9-10H,3-4,7-8H2,1-2H3,(H,16,19). The van der Waals surface area contributed by atoms with Crippen LogP contribution in [0.2, 0.25) is 0 Å². The van der Waals surface area contributed by atoms with Gasteiger partial charge in [0.15, 0.2) is 15.5 Å². The molecule has 3 nitrogen and oxygen atoms in total. The summed E-state index contributed by atoms with van der Waals surface area (Å²) in [6.45, 7) is 5.56. The van der Waals surface area contributed by atoms with Crippen LogP contribution in [0.15, 0.2) is 23.6 Å². The van der Waals surface area contributed by atoms with E-state index in [9.17, 15) is 0 Å². The van der Waals surface area contributed by atoms with E-state index in [-0.39, 0.29) is 0 Å². The molecule has 0 aliphatic rings. The quantitative estimate of drug-likeness (QED) is 0.727. The Morgan fingerprint density at radius 3 is 2.40 bits per heavy atom. The van der Waals surface area contributed by atoms with Crippen LogP contribution < -0.4 is 9.47 Å². The molecule has 1 aromatic carbocycles.